The normalized spacial score (nSPS) is 11.3. The largest absolute Gasteiger partial charge is 0.280 e. The van der Waals surface area contributed by atoms with Crippen LogP contribution in [-0.2, 0) is 10.0 Å². The maximum Gasteiger partial charge on any atom is 0.262 e. The number of benzene rings is 1. The van der Waals surface area contributed by atoms with E-state index in [-0.39, 0.29) is 15.7 Å². The summed E-state index contributed by atoms with van der Waals surface area (Å²) >= 11 is 5.64. The van der Waals surface area contributed by atoms with Crippen LogP contribution in [0.15, 0.2) is 41.4 Å². The molecule has 0 atom stereocenters. The number of aromatic nitrogens is 1. The average molecular weight is 301 g/mol. The van der Waals surface area contributed by atoms with E-state index in [4.69, 9.17) is 11.6 Å². The highest BCUT2D eigenvalue weighted by atomic mass is 35.5. The third kappa shape index (κ3) is 3.42. The van der Waals surface area contributed by atoms with E-state index in [9.17, 15) is 12.8 Å². The molecule has 1 N–H and O–H groups in total. The number of rotatable bonds is 3. The Balaban J connectivity index is 2.36. The first-order chi connectivity index (χ1) is 8.87. The second kappa shape index (κ2) is 5.14. The molecule has 4 nitrogen and oxygen atoms in total. The summed E-state index contributed by atoms with van der Waals surface area (Å²) in [5, 5.41) is 0.0679. The molecule has 19 heavy (non-hydrogen) atoms. The van der Waals surface area contributed by atoms with Crippen molar-refractivity contribution >= 4 is 27.3 Å². The summed E-state index contributed by atoms with van der Waals surface area (Å²) in [6, 6.07) is 6.47. The minimum atomic E-state index is -3.81. The van der Waals surface area contributed by atoms with E-state index in [1.165, 1.54) is 30.5 Å². The van der Waals surface area contributed by atoms with Crippen LogP contribution in [0, 0.1) is 12.7 Å². The fraction of sp³-hybridized carbons (Fsp3) is 0.0833. The van der Waals surface area contributed by atoms with E-state index < -0.39 is 15.8 Å². The van der Waals surface area contributed by atoms with Crippen LogP contribution in [0.4, 0.5) is 10.1 Å². The number of aryl methyl sites for hydroxylation is 1. The van der Waals surface area contributed by atoms with E-state index in [0.29, 0.717) is 5.56 Å². The number of hydrogen-bond acceptors (Lipinski definition) is 3. The van der Waals surface area contributed by atoms with Crippen molar-refractivity contribution in [3.63, 3.8) is 0 Å². The Bertz CT molecular complexity index is 699. The first-order valence-electron chi connectivity index (χ1n) is 5.28. The van der Waals surface area contributed by atoms with Gasteiger partial charge in [-0.1, -0.05) is 11.6 Å². The van der Waals surface area contributed by atoms with Crippen LogP contribution in [0.25, 0.3) is 0 Å². The number of sulfonamides is 1. The van der Waals surface area contributed by atoms with Gasteiger partial charge in [-0.15, -0.1) is 0 Å². The molecule has 0 saturated heterocycles. The zero-order valence-electron chi connectivity index (χ0n) is 9.89. The zero-order valence-corrected chi connectivity index (χ0v) is 11.5. The van der Waals surface area contributed by atoms with Crippen molar-refractivity contribution in [2.45, 2.75) is 11.8 Å². The minimum Gasteiger partial charge on any atom is -0.280 e. The van der Waals surface area contributed by atoms with Gasteiger partial charge in [-0.3, -0.25) is 4.72 Å². The van der Waals surface area contributed by atoms with E-state index in [1.807, 2.05) is 0 Å². The van der Waals surface area contributed by atoms with Crippen molar-refractivity contribution in [3.05, 3.63) is 53.1 Å². The second-order valence-corrected chi connectivity index (χ2v) is 6.01. The lowest BCUT2D eigenvalue weighted by Crippen LogP contribution is -2.13. The Labute approximate surface area is 115 Å². The highest BCUT2D eigenvalue weighted by Crippen LogP contribution is 2.19. The van der Waals surface area contributed by atoms with Crippen molar-refractivity contribution in [2.24, 2.45) is 0 Å². The fourth-order valence-electron chi connectivity index (χ4n) is 1.56. The van der Waals surface area contributed by atoms with Crippen molar-refractivity contribution in [3.8, 4) is 0 Å². The molecule has 0 radical (unpaired) electrons. The third-order valence-electron chi connectivity index (χ3n) is 2.30. The number of pyridine rings is 1. The topological polar surface area (TPSA) is 59.1 Å². The molecule has 100 valence electrons. The maximum atomic E-state index is 13.2. The van der Waals surface area contributed by atoms with Gasteiger partial charge >= 0.3 is 0 Å². The van der Waals surface area contributed by atoms with Gasteiger partial charge in [-0.25, -0.2) is 17.8 Å². The molecule has 0 amide bonds. The summed E-state index contributed by atoms with van der Waals surface area (Å²) < 4.78 is 39.6. The molecule has 0 aliphatic carbocycles. The van der Waals surface area contributed by atoms with Crippen LogP contribution in [-0.4, -0.2) is 13.4 Å². The number of nitrogens with one attached hydrogen (secondary N) is 1. The van der Waals surface area contributed by atoms with Crippen LogP contribution in [0.2, 0.25) is 5.15 Å². The molecule has 0 aliphatic rings. The number of nitrogens with zero attached hydrogens (tertiary/aromatic N) is 1. The van der Waals surface area contributed by atoms with Gasteiger partial charge < -0.3 is 0 Å². The number of anilines is 1. The zero-order chi connectivity index (χ0) is 14.0. The van der Waals surface area contributed by atoms with E-state index in [2.05, 4.69) is 9.71 Å². The average Bonchev–Trinajstić information content (AvgIpc) is 2.26. The molecular formula is C12H10ClFN2O2S. The molecule has 2 aromatic rings. The van der Waals surface area contributed by atoms with Crippen molar-refractivity contribution in [1.82, 2.24) is 4.98 Å². The molecule has 0 bridgehead atoms. The van der Waals surface area contributed by atoms with Gasteiger partial charge in [-0.2, -0.15) is 0 Å². The van der Waals surface area contributed by atoms with Gasteiger partial charge in [0.25, 0.3) is 10.0 Å². The van der Waals surface area contributed by atoms with Crippen LogP contribution in [0.5, 0.6) is 0 Å². The molecule has 0 spiro atoms. The molecule has 7 heteroatoms. The number of halogens is 2. The van der Waals surface area contributed by atoms with Crippen molar-refractivity contribution in [1.29, 1.82) is 0 Å². The monoisotopic (exact) mass is 300 g/mol. The first kappa shape index (κ1) is 13.8. The van der Waals surface area contributed by atoms with Gasteiger partial charge in [0.2, 0.25) is 0 Å². The SMILES string of the molecule is Cc1cc(F)cc(NS(=O)(=O)c2ccnc(Cl)c2)c1. The third-order valence-corrected chi connectivity index (χ3v) is 3.89. The number of hydrogen-bond donors (Lipinski definition) is 1. The Kier molecular flexibility index (Phi) is 3.73. The van der Waals surface area contributed by atoms with Gasteiger partial charge in [-0.05, 0) is 42.8 Å². The van der Waals surface area contributed by atoms with E-state index >= 15 is 0 Å². The summed E-state index contributed by atoms with van der Waals surface area (Å²) in [7, 11) is -3.81. The Hall–Kier alpha value is -1.66. The lowest BCUT2D eigenvalue weighted by Gasteiger charge is -2.09. The second-order valence-electron chi connectivity index (χ2n) is 3.94. The maximum absolute atomic E-state index is 13.2. The Morgan fingerprint density at radius 2 is 2.00 bits per heavy atom. The predicted molar refractivity (Wildman–Crippen MR) is 71.2 cm³/mol. The Morgan fingerprint density at radius 1 is 1.26 bits per heavy atom. The molecule has 0 aliphatic heterocycles. The van der Waals surface area contributed by atoms with Crippen LogP contribution < -0.4 is 4.72 Å². The van der Waals surface area contributed by atoms with Gasteiger partial charge in [0.1, 0.15) is 11.0 Å². The smallest absolute Gasteiger partial charge is 0.262 e. The van der Waals surface area contributed by atoms with Crippen LogP contribution >= 0.6 is 11.6 Å². The van der Waals surface area contributed by atoms with Crippen molar-refractivity contribution < 1.29 is 12.8 Å². The quantitative estimate of drug-likeness (QED) is 0.887. The minimum absolute atomic E-state index is 0.0329. The standard InChI is InChI=1S/C12H10ClFN2O2S/c1-8-4-9(14)6-10(5-8)16-19(17,18)11-2-3-15-12(13)7-11/h2-7,16H,1H3. The van der Waals surface area contributed by atoms with Crippen LogP contribution in [0.1, 0.15) is 5.56 Å². The molecule has 1 aromatic heterocycles. The molecule has 2 rings (SSSR count). The molecule has 1 heterocycles. The molecule has 1 aromatic carbocycles. The van der Waals surface area contributed by atoms with Gasteiger partial charge in [0.15, 0.2) is 0 Å². The van der Waals surface area contributed by atoms with Crippen molar-refractivity contribution in [2.75, 3.05) is 4.72 Å². The predicted octanol–water partition coefficient (Wildman–Crippen LogP) is 2.98. The Morgan fingerprint density at radius 3 is 2.63 bits per heavy atom. The van der Waals surface area contributed by atoms with Gasteiger partial charge in [0, 0.05) is 6.20 Å². The molecule has 0 unspecified atom stereocenters. The highest BCUT2D eigenvalue weighted by Gasteiger charge is 2.15. The summed E-state index contributed by atoms with van der Waals surface area (Å²) in [5.41, 5.74) is 0.774. The van der Waals surface area contributed by atoms with E-state index in [0.717, 1.165) is 6.07 Å². The summed E-state index contributed by atoms with van der Waals surface area (Å²) in [4.78, 5) is 3.67. The van der Waals surface area contributed by atoms with E-state index in [1.54, 1.807) is 6.92 Å². The fourth-order valence-corrected chi connectivity index (χ4v) is 2.85. The van der Waals surface area contributed by atoms with Crippen LogP contribution in [0.3, 0.4) is 0 Å². The molecule has 0 fully saturated rings. The summed E-state index contributed by atoms with van der Waals surface area (Å²) in [6.45, 7) is 1.67. The summed E-state index contributed by atoms with van der Waals surface area (Å²) in [5.74, 6) is -0.509. The molecular weight excluding hydrogens is 291 g/mol. The lowest BCUT2D eigenvalue weighted by atomic mass is 10.2. The first-order valence-corrected chi connectivity index (χ1v) is 7.14. The highest BCUT2D eigenvalue weighted by molar-refractivity contribution is 7.92. The van der Waals surface area contributed by atoms with Gasteiger partial charge in [0.05, 0.1) is 10.6 Å². The molecule has 0 saturated carbocycles. The lowest BCUT2D eigenvalue weighted by molar-refractivity contribution is 0.601. The summed E-state index contributed by atoms with van der Waals surface area (Å²) in [6.07, 6.45) is 1.29.